The second-order valence-corrected chi connectivity index (χ2v) is 7.34. The number of para-hydroxylation sites is 1. The van der Waals surface area contributed by atoms with Gasteiger partial charge in [0.1, 0.15) is 12.4 Å². The van der Waals surface area contributed by atoms with Gasteiger partial charge >= 0.3 is 0 Å². The smallest absolute Gasteiger partial charge is 0.260 e. The van der Waals surface area contributed by atoms with Gasteiger partial charge in [-0.1, -0.05) is 43.3 Å². The number of aliphatic hydroxyl groups is 1. The summed E-state index contributed by atoms with van der Waals surface area (Å²) in [5.41, 5.74) is 5.59. The first-order valence-corrected chi connectivity index (χ1v) is 10.1. The van der Waals surface area contributed by atoms with Gasteiger partial charge in [-0.05, 0) is 18.2 Å². The Kier molecular flexibility index (Phi) is 5.94. The molecular weight excluding hydrogens is 366 g/mol. The van der Waals surface area contributed by atoms with Gasteiger partial charge in [0.05, 0.1) is 12.2 Å². The fourth-order valence-corrected chi connectivity index (χ4v) is 3.95. The number of ether oxygens (including phenoxy) is 1. The summed E-state index contributed by atoms with van der Waals surface area (Å²) >= 11 is 0. The number of rotatable bonds is 8. The van der Waals surface area contributed by atoms with Gasteiger partial charge in [-0.3, -0.25) is 9.69 Å². The summed E-state index contributed by atoms with van der Waals surface area (Å²) in [6.07, 6.45) is 0. The number of fused-ring (bicyclic) bond motifs is 2. The van der Waals surface area contributed by atoms with Crippen molar-refractivity contribution in [3.8, 4) is 0 Å². The number of anilines is 1. The molecule has 1 amide bonds. The van der Waals surface area contributed by atoms with Crippen LogP contribution in [-0.4, -0.2) is 48.7 Å². The Morgan fingerprint density at radius 3 is 2.86 bits per heavy atom. The van der Waals surface area contributed by atoms with Crippen molar-refractivity contribution in [2.75, 3.05) is 38.1 Å². The van der Waals surface area contributed by atoms with E-state index in [9.17, 15) is 9.90 Å². The maximum absolute atomic E-state index is 12.6. The van der Waals surface area contributed by atoms with Gasteiger partial charge in [-0.25, -0.2) is 0 Å². The van der Waals surface area contributed by atoms with Crippen LogP contribution in [0, 0.1) is 0 Å². The molecule has 2 heterocycles. The molecule has 0 saturated heterocycles. The van der Waals surface area contributed by atoms with Crippen LogP contribution in [0.2, 0.25) is 0 Å². The van der Waals surface area contributed by atoms with Gasteiger partial charge in [-0.2, -0.15) is 0 Å². The van der Waals surface area contributed by atoms with Crippen LogP contribution >= 0.6 is 0 Å². The maximum Gasteiger partial charge on any atom is 0.260 e. The number of hydrogen-bond donors (Lipinski definition) is 3. The molecule has 0 bridgehead atoms. The van der Waals surface area contributed by atoms with Gasteiger partial charge < -0.3 is 20.5 Å². The molecule has 0 atom stereocenters. The van der Waals surface area contributed by atoms with Crippen molar-refractivity contribution in [1.82, 2.24) is 10.2 Å². The van der Waals surface area contributed by atoms with Gasteiger partial charge in [-0.15, -0.1) is 0 Å². The molecule has 0 unspecified atom stereocenters. The lowest BCUT2D eigenvalue weighted by molar-refractivity contribution is -0.110. The first-order chi connectivity index (χ1) is 14.2. The van der Waals surface area contributed by atoms with Gasteiger partial charge in [0.15, 0.2) is 0 Å². The summed E-state index contributed by atoms with van der Waals surface area (Å²) in [6, 6.07) is 14.0. The van der Waals surface area contributed by atoms with Gasteiger partial charge in [0, 0.05) is 48.6 Å². The van der Waals surface area contributed by atoms with E-state index < -0.39 is 0 Å². The Morgan fingerprint density at radius 2 is 2.03 bits per heavy atom. The van der Waals surface area contributed by atoms with Gasteiger partial charge in [0.25, 0.3) is 5.91 Å². The lowest BCUT2D eigenvalue weighted by Crippen LogP contribution is -2.33. The molecule has 3 N–H and O–H groups in total. The molecule has 2 aliphatic heterocycles. The molecule has 2 aromatic rings. The van der Waals surface area contributed by atoms with E-state index in [0.717, 1.165) is 48.6 Å². The highest BCUT2D eigenvalue weighted by atomic mass is 16.5. The molecule has 152 valence electrons. The van der Waals surface area contributed by atoms with E-state index in [2.05, 4.69) is 40.7 Å². The second kappa shape index (κ2) is 8.78. The summed E-state index contributed by atoms with van der Waals surface area (Å²) in [5.74, 6) is 0.545. The molecule has 2 aromatic carbocycles. The van der Waals surface area contributed by atoms with E-state index >= 15 is 0 Å². The van der Waals surface area contributed by atoms with Gasteiger partial charge in [0.2, 0.25) is 0 Å². The van der Waals surface area contributed by atoms with Crippen molar-refractivity contribution in [1.29, 1.82) is 0 Å². The molecule has 6 heteroatoms. The van der Waals surface area contributed by atoms with Crippen LogP contribution in [0.3, 0.4) is 0 Å². The number of benzene rings is 2. The first-order valence-electron chi connectivity index (χ1n) is 10.1. The number of likely N-dealkylation sites (N-methyl/N-ethyl adjacent to an activating group) is 1. The van der Waals surface area contributed by atoms with Crippen molar-refractivity contribution < 1.29 is 14.6 Å². The molecular formula is C23H27N3O3. The molecule has 0 aromatic heterocycles. The van der Waals surface area contributed by atoms with Crippen LogP contribution in [0.4, 0.5) is 5.69 Å². The van der Waals surface area contributed by atoms with E-state index in [0.29, 0.717) is 24.5 Å². The predicted molar refractivity (Wildman–Crippen MR) is 114 cm³/mol. The molecule has 6 nitrogen and oxygen atoms in total. The molecule has 4 rings (SSSR count). The Bertz CT molecular complexity index is 939. The summed E-state index contributed by atoms with van der Waals surface area (Å²) in [7, 11) is 0. The minimum atomic E-state index is -0.115. The topological polar surface area (TPSA) is 73.8 Å². The number of nitrogens with zero attached hydrogens (tertiary/aromatic N) is 1. The fraction of sp³-hybridized carbons (Fsp3) is 0.348. The zero-order valence-corrected chi connectivity index (χ0v) is 16.7. The second-order valence-electron chi connectivity index (χ2n) is 7.34. The largest absolute Gasteiger partial charge is 0.487 e. The Hall–Kier alpha value is -2.67. The average molecular weight is 393 g/mol. The lowest BCUT2D eigenvalue weighted by atomic mass is 9.99. The number of hydrogen-bond acceptors (Lipinski definition) is 5. The third-order valence-electron chi connectivity index (χ3n) is 5.36. The monoisotopic (exact) mass is 393 g/mol. The first kappa shape index (κ1) is 19.6. The Morgan fingerprint density at radius 1 is 1.17 bits per heavy atom. The fourth-order valence-electron chi connectivity index (χ4n) is 3.95. The summed E-state index contributed by atoms with van der Waals surface area (Å²) < 4.78 is 5.98. The summed E-state index contributed by atoms with van der Waals surface area (Å²) in [4.78, 5) is 14.8. The van der Waals surface area contributed by atoms with E-state index in [1.54, 1.807) is 0 Å². The van der Waals surface area contributed by atoms with E-state index in [1.807, 2.05) is 24.3 Å². The third-order valence-corrected chi connectivity index (χ3v) is 5.36. The molecule has 29 heavy (non-hydrogen) atoms. The number of carbonyl (C=O) groups excluding carboxylic acids is 1. The number of aliphatic hydroxyl groups excluding tert-OH is 1. The lowest BCUT2D eigenvalue weighted by Gasteiger charge is -2.21. The van der Waals surface area contributed by atoms with Crippen LogP contribution in [-0.2, 0) is 22.7 Å². The Balaban J connectivity index is 1.58. The van der Waals surface area contributed by atoms with Crippen molar-refractivity contribution in [2.45, 2.75) is 20.1 Å². The maximum atomic E-state index is 12.6. The summed E-state index contributed by atoms with van der Waals surface area (Å²) in [6.45, 7) is 6.84. The quantitative estimate of drug-likeness (QED) is 0.475. The molecule has 0 spiro atoms. The van der Waals surface area contributed by atoms with Crippen LogP contribution in [0.25, 0.3) is 11.3 Å². The molecule has 2 aliphatic rings. The molecule has 0 saturated carbocycles. The van der Waals surface area contributed by atoms with Crippen LogP contribution in [0.15, 0.2) is 42.5 Å². The standard InChI is InChI=1S/C23H27N3O3/c1-2-24-9-10-26(11-12-27)14-16-7-8-18-17(13-16)15-29-22(18)21-19-5-3-4-6-20(19)25-23(21)28/h3-8,13,24,27H,2,9-12,14-15H2,1H3,(H,25,28)/b22-21+. The number of nitrogens with one attached hydrogen (secondary N) is 2. The highest BCUT2D eigenvalue weighted by Gasteiger charge is 2.32. The minimum Gasteiger partial charge on any atom is -0.487 e. The van der Waals surface area contributed by atoms with Crippen LogP contribution in [0.5, 0.6) is 0 Å². The Labute approximate surface area is 171 Å². The highest BCUT2D eigenvalue weighted by molar-refractivity contribution is 6.36. The zero-order valence-electron chi connectivity index (χ0n) is 16.7. The van der Waals surface area contributed by atoms with Crippen LogP contribution in [0.1, 0.15) is 29.2 Å². The third kappa shape index (κ3) is 4.05. The van der Waals surface area contributed by atoms with E-state index in [4.69, 9.17) is 4.74 Å². The zero-order chi connectivity index (χ0) is 20.2. The predicted octanol–water partition coefficient (Wildman–Crippen LogP) is 2.44. The van der Waals surface area contributed by atoms with Crippen molar-refractivity contribution in [3.63, 3.8) is 0 Å². The van der Waals surface area contributed by atoms with Crippen molar-refractivity contribution >= 4 is 22.9 Å². The highest BCUT2D eigenvalue weighted by Crippen LogP contribution is 2.41. The summed E-state index contributed by atoms with van der Waals surface area (Å²) in [5, 5.41) is 15.6. The normalized spacial score (nSPS) is 17.3. The molecule has 0 aliphatic carbocycles. The van der Waals surface area contributed by atoms with E-state index in [1.165, 1.54) is 5.56 Å². The molecule has 0 radical (unpaired) electrons. The SMILES string of the molecule is CCNCCN(CCO)Cc1ccc2c(c1)CO/C2=C1/C(=O)Nc2ccccc21. The van der Waals surface area contributed by atoms with Crippen molar-refractivity contribution in [2.24, 2.45) is 0 Å². The van der Waals surface area contributed by atoms with E-state index in [-0.39, 0.29) is 12.5 Å². The molecule has 0 fully saturated rings. The number of carbonyl (C=O) groups is 1. The van der Waals surface area contributed by atoms with Crippen molar-refractivity contribution in [3.05, 3.63) is 64.7 Å². The average Bonchev–Trinajstić information content (AvgIpc) is 3.27. The minimum absolute atomic E-state index is 0.115. The van der Waals surface area contributed by atoms with Crippen LogP contribution < -0.4 is 10.6 Å². The number of amides is 1.